The van der Waals surface area contributed by atoms with Gasteiger partial charge in [0.05, 0.1) is 0 Å². The van der Waals surface area contributed by atoms with E-state index < -0.39 is 14.2 Å². The molecule has 0 spiro atoms. The van der Waals surface area contributed by atoms with Gasteiger partial charge < -0.3 is 5.11 Å². The number of hydrogen-bond donors (Lipinski definition) is 1. The summed E-state index contributed by atoms with van der Waals surface area (Å²) in [6.07, 6.45) is -0.492. The molecule has 1 nitrogen and oxygen atoms in total. The maximum atomic E-state index is 9.31. The minimum Gasteiger partial charge on any atom is -0.381 e. The molecule has 0 aromatic heterocycles. The van der Waals surface area contributed by atoms with Crippen LogP contribution in [-0.4, -0.2) is 19.3 Å². The lowest BCUT2D eigenvalue weighted by Crippen LogP contribution is -2.43. The van der Waals surface area contributed by atoms with Gasteiger partial charge in [-0.2, -0.15) is 0 Å². The first-order valence-corrected chi connectivity index (χ1v) is 8.19. The number of aliphatic hydroxyl groups excluding tert-OH is 1. The fourth-order valence-electron chi connectivity index (χ4n) is 2.66. The molecule has 0 radical (unpaired) electrons. The second kappa shape index (κ2) is 5.72. The Morgan fingerprint density at radius 2 is 1.13 bits per heavy atom. The van der Waals surface area contributed by atoms with Gasteiger partial charge in [0.1, 0.15) is 14.2 Å². The normalized spacial score (nSPS) is 14.3. The molecule has 0 saturated heterocycles. The van der Waals surface area contributed by atoms with E-state index in [4.69, 9.17) is 0 Å². The van der Waals surface area contributed by atoms with E-state index >= 15 is 0 Å². The summed E-state index contributed by atoms with van der Waals surface area (Å²) in [6, 6.07) is 0. The molecule has 1 N–H and O–H groups in total. The third kappa shape index (κ3) is 3.36. The predicted octanol–water partition coefficient (Wildman–Crippen LogP) is 3.59. The van der Waals surface area contributed by atoms with Gasteiger partial charge in [0.15, 0.2) is 0 Å². The van der Waals surface area contributed by atoms with Gasteiger partial charge in [-0.05, 0) is 23.5 Å². The van der Waals surface area contributed by atoms with Gasteiger partial charge in [-0.25, -0.2) is 0 Å². The van der Waals surface area contributed by atoms with Gasteiger partial charge in [-0.1, -0.05) is 47.5 Å². The van der Waals surface area contributed by atoms with Crippen LogP contribution in [0, 0.1) is 11.5 Å². The van der Waals surface area contributed by atoms with Crippen molar-refractivity contribution in [3.05, 3.63) is 0 Å². The minimum atomic E-state index is -1.61. The third-order valence-electron chi connectivity index (χ3n) is 3.36. The van der Waals surface area contributed by atoms with Crippen LogP contribution in [0.25, 0.3) is 0 Å². The third-order valence-corrected chi connectivity index (χ3v) is 9.67. The van der Waals surface area contributed by atoms with Gasteiger partial charge in [-0.3, -0.25) is 0 Å². The van der Waals surface area contributed by atoms with Crippen molar-refractivity contribution < 1.29 is 5.11 Å². The SMILES string of the molecule is CC(C)[Si](C#C[C@@H](C)O)(C(C)C)C(C)C. The molecule has 0 aromatic rings. The van der Waals surface area contributed by atoms with E-state index in [-0.39, 0.29) is 0 Å². The molecule has 15 heavy (non-hydrogen) atoms. The number of rotatable bonds is 3. The highest BCUT2D eigenvalue weighted by atomic mass is 28.3. The van der Waals surface area contributed by atoms with E-state index in [2.05, 4.69) is 53.0 Å². The summed E-state index contributed by atoms with van der Waals surface area (Å²) < 4.78 is 0. The Morgan fingerprint density at radius 3 is 1.33 bits per heavy atom. The quantitative estimate of drug-likeness (QED) is 0.576. The van der Waals surface area contributed by atoms with Gasteiger partial charge in [0.25, 0.3) is 0 Å². The maximum absolute atomic E-state index is 9.31. The first kappa shape index (κ1) is 14.7. The topological polar surface area (TPSA) is 20.2 Å². The van der Waals surface area contributed by atoms with Gasteiger partial charge in [0, 0.05) is 0 Å². The Labute approximate surface area is 96.3 Å². The predicted molar refractivity (Wildman–Crippen MR) is 70.5 cm³/mol. The van der Waals surface area contributed by atoms with Crippen molar-refractivity contribution in [1.82, 2.24) is 0 Å². The summed E-state index contributed by atoms with van der Waals surface area (Å²) in [5.74, 6) is 3.00. The largest absolute Gasteiger partial charge is 0.381 e. The van der Waals surface area contributed by atoms with Crippen molar-refractivity contribution in [2.75, 3.05) is 0 Å². The van der Waals surface area contributed by atoms with Crippen molar-refractivity contribution in [3.8, 4) is 11.5 Å². The molecule has 0 rings (SSSR count). The number of aliphatic hydroxyl groups is 1. The molecular weight excluding hydrogens is 200 g/mol. The van der Waals surface area contributed by atoms with Crippen LogP contribution in [0.3, 0.4) is 0 Å². The van der Waals surface area contributed by atoms with E-state index in [0.717, 1.165) is 0 Å². The van der Waals surface area contributed by atoms with Gasteiger partial charge in [-0.15, -0.1) is 5.54 Å². The zero-order valence-corrected chi connectivity index (χ0v) is 12.3. The summed E-state index contributed by atoms with van der Waals surface area (Å²) in [6.45, 7) is 15.4. The van der Waals surface area contributed by atoms with Crippen molar-refractivity contribution in [2.24, 2.45) is 0 Å². The van der Waals surface area contributed by atoms with Crippen molar-refractivity contribution in [2.45, 2.75) is 71.2 Å². The smallest absolute Gasteiger partial charge is 0.146 e. The molecule has 0 aliphatic rings. The maximum Gasteiger partial charge on any atom is 0.146 e. The zero-order valence-electron chi connectivity index (χ0n) is 11.3. The Hall–Kier alpha value is -0.263. The van der Waals surface area contributed by atoms with Crippen LogP contribution in [0.15, 0.2) is 0 Å². The molecule has 0 aliphatic heterocycles. The molecule has 1 atom stereocenters. The molecule has 0 fully saturated rings. The van der Waals surface area contributed by atoms with E-state index in [1.165, 1.54) is 0 Å². The lowest BCUT2D eigenvalue weighted by atomic mass is 10.4. The molecule has 0 saturated carbocycles. The fraction of sp³-hybridized carbons (Fsp3) is 0.846. The zero-order chi connectivity index (χ0) is 12.2. The van der Waals surface area contributed by atoms with Crippen LogP contribution in [0.1, 0.15) is 48.5 Å². The van der Waals surface area contributed by atoms with Crippen molar-refractivity contribution in [3.63, 3.8) is 0 Å². The molecule has 0 bridgehead atoms. The van der Waals surface area contributed by atoms with Crippen LogP contribution in [-0.2, 0) is 0 Å². The standard InChI is InChI=1S/C13H26OSi/c1-10(2)15(11(3)4,12(5)6)9-8-13(7)14/h10-14H,1-7H3/t13-/m1/s1. The molecule has 0 heterocycles. The monoisotopic (exact) mass is 226 g/mol. The lowest BCUT2D eigenvalue weighted by molar-refractivity contribution is 0.253. The molecule has 0 aromatic carbocycles. The van der Waals surface area contributed by atoms with E-state index in [1.54, 1.807) is 6.92 Å². The minimum absolute atomic E-state index is 0.492. The summed E-state index contributed by atoms with van der Waals surface area (Å²) in [5, 5.41) is 9.31. The van der Waals surface area contributed by atoms with Crippen LogP contribution in [0.5, 0.6) is 0 Å². The average molecular weight is 226 g/mol. The Morgan fingerprint density at radius 1 is 0.800 bits per heavy atom. The Kier molecular flexibility index (Phi) is 5.62. The fourth-order valence-corrected chi connectivity index (χ4v) is 7.99. The van der Waals surface area contributed by atoms with Crippen LogP contribution >= 0.6 is 0 Å². The first-order valence-electron chi connectivity index (χ1n) is 5.95. The van der Waals surface area contributed by atoms with E-state index in [1.807, 2.05) is 0 Å². The van der Waals surface area contributed by atoms with Gasteiger partial charge in [0.2, 0.25) is 0 Å². The second-order valence-electron chi connectivity index (χ2n) is 5.34. The highest BCUT2D eigenvalue weighted by Gasteiger charge is 2.41. The van der Waals surface area contributed by atoms with Crippen LogP contribution < -0.4 is 0 Å². The van der Waals surface area contributed by atoms with Crippen LogP contribution in [0.4, 0.5) is 0 Å². The van der Waals surface area contributed by atoms with Gasteiger partial charge >= 0.3 is 0 Å². The Balaban J connectivity index is 5.27. The molecule has 0 aliphatic carbocycles. The number of hydrogen-bond acceptors (Lipinski definition) is 1. The molecule has 0 amide bonds. The summed E-state index contributed by atoms with van der Waals surface area (Å²) >= 11 is 0. The van der Waals surface area contributed by atoms with Crippen molar-refractivity contribution >= 4 is 8.07 Å². The lowest BCUT2D eigenvalue weighted by Gasteiger charge is -2.38. The van der Waals surface area contributed by atoms with Crippen molar-refractivity contribution in [1.29, 1.82) is 0 Å². The first-order chi connectivity index (χ1) is 6.75. The Bertz CT molecular complexity index is 221. The highest BCUT2D eigenvalue weighted by Crippen LogP contribution is 2.40. The summed E-state index contributed by atoms with van der Waals surface area (Å²) in [4.78, 5) is 0. The molecule has 0 unspecified atom stereocenters. The second-order valence-corrected chi connectivity index (χ2v) is 10.9. The average Bonchev–Trinajstić information content (AvgIpc) is 2.02. The molecular formula is C13H26OSi. The van der Waals surface area contributed by atoms with E-state index in [0.29, 0.717) is 16.6 Å². The highest BCUT2D eigenvalue weighted by molar-refractivity contribution is 6.90. The molecule has 2 heteroatoms. The van der Waals surface area contributed by atoms with E-state index in [9.17, 15) is 5.11 Å². The summed E-state index contributed by atoms with van der Waals surface area (Å²) in [5.41, 5.74) is 5.40. The molecule has 88 valence electrons. The summed E-state index contributed by atoms with van der Waals surface area (Å²) in [7, 11) is -1.61. The van der Waals surface area contributed by atoms with Crippen LogP contribution in [0.2, 0.25) is 16.6 Å².